The van der Waals surface area contributed by atoms with E-state index >= 15 is 0 Å². The maximum atomic E-state index is 9.58. The van der Waals surface area contributed by atoms with Crippen molar-refractivity contribution in [3.8, 4) is 0 Å². The van der Waals surface area contributed by atoms with Gasteiger partial charge in [-0.05, 0) is 11.6 Å². The summed E-state index contributed by atoms with van der Waals surface area (Å²) in [5.74, 6) is 0. The maximum Gasteiger partial charge on any atom is 0.221 e. The lowest BCUT2D eigenvalue weighted by atomic mass is 10.6. The van der Waals surface area contributed by atoms with E-state index in [1.165, 1.54) is 0 Å². The number of halogens is 2. The van der Waals surface area contributed by atoms with Crippen LogP contribution in [-0.2, 0) is 4.79 Å². The molecule has 0 aliphatic rings. The Kier molecular flexibility index (Phi) is 7.59. The van der Waals surface area contributed by atoms with Gasteiger partial charge in [-0.25, -0.2) is 0 Å². The van der Waals surface area contributed by atoms with Crippen molar-refractivity contribution >= 4 is 16.8 Å². The van der Waals surface area contributed by atoms with Crippen LogP contribution in [0, 0.1) is 0 Å². The summed E-state index contributed by atoms with van der Waals surface area (Å²) in [6.45, 7) is 1.72. The molecule has 0 spiro atoms. The predicted octanol–water partition coefficient (Wildman–Crippen LogP) is 1.31. The van der Waals surface area contributed by atoms with Gasteiger partial charge >= 0.3 is 0 Å². The first-order chi connectivity index (χ1) is 2.27. The topological polar surface area (TPSA) is 17.1 Å². The molecule has 0 radical (unpaired) electrons. The quantitative estimate of drug-likeness (QED) is 0.468. The van der Waals surface area contributed by atoms with E-state index in [4.69, 9.17) is 11.6 Å². The van der Waals surface area contributed by atoms with Gasteiger partial charge in [-0.15, -0.1) is 0 Å². The molecule has 0 atom stereocenters. The van der Waals surface area contributed by atoms with Gasteiger partial charge in [0.1, 0.15) is 0 Å². The van der Waals surface area contributed by atoms with Crippen LogP contribution < -0.4 is 0 Å². The van der Waals surface area contributed by atoms with Crippen LogP contribution in [0.15, 0.2) is 0 Å². The van der Waals surface area contributed by atoms with Crippen LogP contribution in [-0.4, -0.2) is 5.24 Å². The zero-order valence-electron chi connectivity index (χ0n) is 3.40. The first kappa shape index (κ1) is 9.31. The van der Waals surface area contributed by atoms with Crippen molar-refractivity contribution in [1.29, 1.82) is 0 Å². The molecule has 0 unspecified atom stereocenters. The summed E-state index contributed by atoms with van der Waals surface area (Å²) in [4.78, 5) is 9.58. The van der Waals surface area contributed by atoms with Crippen molar-refractivity contribution < 1.29 is 9.50 Å². The Morgan fingerprint density at radius 1 is 1.83 bits per heavy atom. The van der Waals surface area contributed by atoms with E-state index in [0.717, 1.165) is 0 Å². The average molecular weight is 113 g/mol. The van der Waals surface area contributed by atoms with Crippen LogP contribution in [0.2, 0.25) is 0 Å². The highest BCUT2D eigenvalue weighted by Gasteiger charge is 1.81. The average Bonchev–Trinajstić information content (AvgIpc) is 1.38. The van der Waals surface area contributed by atoms with Gasteiger partial charge in [0, 0.05) is 6.42 Å². The number of carbonyl (C=O) groups is 1. The highest BCUT2D eigenvalue weighted by atomic mass is 35.5. The van der Waals surface area contributed by atoms with Crippen LogP contribution in [0.3, 0.4) is 0 Å². The molecule has 0 saturated carbocycles. The Hall–Kier alpha value is -0.110. The molecule has 0 amide bonds. The molecule has 0 N–H and O–H groups in total. The third kappa shape index (κ3) is 9.10. The van der Waals surface area contributed by atoms with E-state index in [1.54, 1.807) is 6.92 Å². The molecule has 0 bridgehead atoms. The van der Waals surface area contributed by atoms with Crippen LogP contribution in [0.25, 0.3) is 0 Å². The van der Waals surface area contributed by atoms with Crippen molar-refractivity contribution in [2.75, 3.05) is 0 Å². The van der Waals surface area contributed by atoms with E-state index in [0.29, 0.717) is 6.42 Å². The second kappa shape index (κ2) is 4.89. The SMILES string of the molecule is CCC(=O)Cl.F. The lowest BCUT2D eigenvalue weighted by molar-refractivity contribution is -0.111. The molecule has 3 heteroatoms. The van der Waals surface area contributed by atoms with E-state index in [2.05, 4.69) is 0 Å². The number of rotatable bonds is 1. The molecule has 38 valence electrons. The third-order valence-corrected chi connectivity index (χ3v) is 0.545. The number of hydrogen-bond donors (Lipinski definition) is 0. The highest BCUT2D eigenvalue weighted by Crippen LogP contribution is 1.81. The minimum absolute atomic E-state index is 0. The van der Waals surface area contributed by atoms with Crippen molar-refractivity contribution in [2.24, 2.45) is 0 Å². The minimum Gasteiger partial charge on any atom is -0.281 e. The zero-order valence-corrected chi connectivity index (χ0v) is 4.16. The summed E-state index contributed by atoms with van der Waals surface area (Å²) >= 11 is 4.82. The summed E-state index contributed by atoms with van der Waals surface area (Å²) in [7, 11) is 0. The van der Waals surface area contributed by atoms with E-state index < -0.39 is 0 Å². The van der Waals surface area contributed by atoms with E-state index in [9.17, 15) is 4.79 Å². The molecule has 0 aromatic rings. The van der Waals surface area contributed by atoms with Gasteiger partial charge in [-0.1, -0.05) is 6.92 Å². The second-order valence-corrected chi connectivity index (χ2v) is 1.13. The van der Waals surface area contributed by atoms with Gasteiger partial charge in [0.15, 0.2) is 0 Å². The van der Waals surface area contributed by atoms with Crippen LogP contribution in [0.5, 0.6) is 0 Å². The number of hydrogen-bond acceptors (Lipinski definition) is 1. The summed E-state index contributed by atoms with van der Waals surface area (Å²) in [6, 6.07) is 0. The van der Waals surface area contributed by atoms with E-state index in [1.807, 2.05) is 0 Å². The molecule has 0 aliphatic heterocycles. The largest absolute Gasteiger partial charge is 0.281 e. The van der Waals surface area contributed by atoms with Crippen molar-refractivity contribution in [1.82, 2.24) is 0 Å². The lowest BCUT2D eigenvalue weighted by Gasteiger charge is -1.68. The van der Waals surface area contributed by atoms with Crippen molar-refractivity contribution in [2.45, 2.75) is 13.3 Å². The smallest absolute Gasteiger partial charge is 0.221 e. The van der Waals surface area contributed by atoms with Gasteiger partial charge in [-0.3, -0.25) is 9.50 Å². The van der Waals surface area contributed by atoms with Crippen molar-refractivity contribution in [3.05, 3.63) is 0 Å². The van der Waals surface area contributed by atoms with Gasteiger partial charge in [0.25, 0.3) is 0 Å². The van der Waals surface area contributed by atoms with Gasteiger partial charge in [0.05, 0.1) is 0 Å². The summed E-state index contributed by atoms with van der Waals surface area (Å²) in [5, 5.41) is -0.273. The highest BCUT2D eigenvalue weighted by molar-refractivity contribution is 6.63. The third-order valence-electron chi connectivity index (χ3n) is 0.278. The molecule has 0 rings (SSSR count). The first-order valence-corrected chi connectivity index (χ1v) is 1.83. The van der Waals surface area contributed by atoms with Gasteiger partial charge < -0.3 is 0 Å². The maximum absolute atomic E-state index is 9.58. The molecule has 0 aromatic heterocycles. The fourth-order valence-corrected chi connectivity index (χ4v) is 0. The monoisotopic (exact) mass is 112 g/mol. The second-order valence-electron chi connectivity index (χ2n) is 0.709. The Morgan fingerprint density at radius 3 is 2.00 bits per heavy atom. The van der Waals surface area contributed by atoms with E-state index in [-0.39, 0.29) is 9.95 Å². The van der Waals surface area contributed by atoms with Gasteiger partial charge in [0.2, 0.25) is 5.24 Å². The molecule has 6 heavy (non-hydrogen) atoms. The predicted molar refractivity (Wildman–Crippen MR) is 23.7 cm³/mol. The Balaban J connectivity index is 0. The Labute approximate surface area is 40.7 Å². The van der Waals surface area contributed by atoms with Crippen LogP contribution in [0.4, 0.5) is 4.70 Å². The Bertz CT molecular complexity index is 46.1. The molecule has 0 fully saturated rings. The minimum atomic E-state index is -0.273. The standard InChI is InChI=1S/C3H5ClO.FH/c1-2-3(4)5;/h2H2,1H3;1H. The molecular formula is C3H6ClFO. The van der Waals surface area contributed by atoms with Gasteiger partial charge in [-0.2, -0.15) is 0 Å². The fraction of sp³-hybridized carbons (Fsp3) is 0.667. The normalized spacial score (nSPS) is 6.33. The molecule has 0 aromatic carbocycles. The lowest BCUT2D eigenvalue weighted by Crippen LogP contribution is -1.74. The molecule has 1 nitrogen and oxygen atoms in total. The molecule has 0 saturated heterocycles. The Morgan fingerprint density at radius 2 is 2.00 bits per heavy atom. The fourth-order valence-electron chi connectivity index (χ4n) is 0. The number of carbonyl (C=O) groups excluding carboxylic acids is 1. The summed E-state index contributed by atoms with van der Waals surface area (Å²) < 4.78 is 0. The summed E-state index contributed by atoms with van der Waals surface area (Å²) in [5.41, 5.74) is 0. The zero-order chi connectivity index (χ0) is 4.28. The summed E-state index contributed by atoms with van der Waals surface area (Å²) in [6.07, 6.45) is 0.432. The van der Waals surface area contributed by atoms with Crippen LogP contribution in [0.1, 0.15) is 13.3 Å². The molecule has 0 heterocycles. The first-order valence-electron chi connectivity index (χ1n) is 1.45. The van der Waals surface area contributed by atoms with Crippen molar-refractivity contribution in [3.63, 3.8) is 0 Å². The molecular weight excluding hydrogens is 106 g/mol. The molecule has 0 aliphatic carbocycles. The van der Waals surface area contributed by atoms with Crippen LogP contribution >= 0.6 is 11.6 Å².